The van der Waals surface area contributed by atoms with Gasteiger partial charge in [0, 0.05) is 12.5 Å². The quantitative estimate of drug-likeness (QED) is 0.410. The number of anilines is 1. The maximum atomic E-state index is 13.3. The largest absolute Gasteiger partial charge is 0.497 e. The van der Waals surface area contributed by atoms with Gasteiger partial charge in [-0.1, -0.05) is 29.5 Å². The van der Waals surface area contributed by atoms with E-state index in [1.54, 1.807) is 30.3 Å². The Balaban J connectivity index is 1.65. The van der Waals surface area contributed by atoms with E-state index in [0.717, 1.165) is 33.5 Å². The third kappa shape index (κ3) is 4.95. The summed E-state index contributed by atoms with van der Waals surface area (Å²) in [5, 5.41) is 0.566. The van der Waals surface area contributed by atoms with E-state index in [-0.39, 0.29) is 23.8 Å². The van der Waals surface area contributed by atoms with Crippen molar-refractivity contribution < 1.29 is 17.9 Å². The molecule has 0 aliphatic heterocycles. The number of carbonyl (C=O) groups excluding carboxylic acids is 1. The molecule has 0 bridgehead atoms. The van der Waals surface area contributed by atoms with Crippen molar-refractivity contribution in [3.63, 3.8) is 0 Å². The molecule has 0 saturated carbocycles. The molecule has 0 aliphatic rings. The van der Waals surface area contributed by atoms with Crippen LogP contribution >= 0.6 is 11.3 Å². The highest BCUT2D eigenvalue weighted by molar-refractivity contribution is 7.90. The smallest absolute Gasteiger partial charge is 0.233 e. The summed E-state index contributed by atoms with van der Waals surface area (Å²) in [6.45, 7) is 0.276. The van der Waals surface area contributed by atoms with Gasteiger partial charge in [0.15, 0.2) is 15.0 Å². The number of pyridine rings is 1. The van der Waals surface area contributed by atoms with Crippen LogP contribution < -0.4 is 9.64 Å². The predicted molar refractivity (Wildman–Crippen MR) is 125 cm³/mol. The predicted octanol–water partition coefficient (Wildman–Crippen LogP) is 3.88. The molecule has 4 rings (SSSR count). The molecule has 0 radical (unpaired) electrons. The van der Waals surface area contributed by atoms with Crippen molar-refractivity contribution in [3.8, 4) is 5.75 Å². The van der Waals surface area contributed by atoms with Crippen LogP contribution in [0.3, 0.4) is 0 Å². The molecule has 2 heterocycles. The Morgan fingerprint density at radius 1 is 1.09 bits per heavy atom. The van der Waals surface area contributed by atoms with E-state index in [0.29, 0.717) is 5.13 Å². The van der Waals surface area contributed by atoms with Crippen LogP contribution in [0.15, 0.2) is 71.8 Å². The fourth-order valence-electron chi connectivity index (χ4n) is 3.18. The van der Waals surface area contributed by atoms with Gasteiger partial charge in [0.1, 0.15) is 5.75 Å². The third-order valence-electron chi connectivity index (χ3n) is 4.87. The lowest BCUT2D eigenvalue weighted by atomic mass is 10.1. The van der Waals surface area contributed by atoms with Gasteiger partial charge in [0.2, 0.25) is 5.91 Å². The molecule has 0 N–H and O–H groups in total. The lowest BCUT2D eigenvalue weighted by Crippen LogP contribution is -2.32. The van der Waals surface area contributed by atoms with Crippen molar-refractivity contribution in [1.29, 1.82) is 0 Å². The van der Waals surface area contributed by atoms with Crippen LogP contribution in [0.5, 0.6) is 5.75 Å². The zero-order chi connectivity index (χ0) is 22.7. The van der Waals surface area contributed by atoms with Gasteiger partial charge in [0.25, 0.3) is 0 Å². The molecule has 4 aromatic rings. The number of hydrogen-bond donors (Lipinski definition) is 0. The number of ether oxygens (including phenoxy) is 1. The lowest BCUT2D eigenvalue weighted by Gasteiger charge is -2.19. The molecular formula is C23H21N3O4S2. The van der Waals surface area contributed by atoms with Gasteiger partial charge in [-0.25, -0.2) is 13.4 Å². The first-order valence-electron chi connectivity index (χ1n) is 9.77. The number of sulfone groups is 1. The number of methoxy groups -OCH3 is 1. The Morgan fingerprint density at radius 2 is 1.88 bits per heavy atom. The number of fused-ring (bicyclic) bond motifs is 1. The second-order valence-electron chi connectivity index (χ2n) is 7.22. The second-order valence-corrected chi connectivity index (χ2v) is 10.2. The highest BCUT2D eigenvalue weighted by Crippen LogP contribution is 2.32. The first-order valence-corrected chi connectivity index (χ1v) is 12.5. The van der Waals surface area contributed by atoms with Crippen molar-refractivity contribution in [1.82, 2.24) is 9.97 Å². The topological polar surface area (TPSA) is 89.5 Å². The summed E-state index contributed by atoms with van der Waals surface area (Å²) in [5.41, 5.74) is 2.24. The second kappa shape index (κ2) is 9.05. The normalized spacial score (nSPS) is 11.4. The SMILES string of the molecule is COc1ccc2nc(N(Cc3ccccn3)C(=O)Cc3ccc(S(C)(=O)=O)cc3)sc2c1. The van der Waals surface area contributed by atoms with E-state index in [1.807, 2.05) is 36.4 Å². The van der Waals surface area contributed by atoms with Crippen LogP contribution in [0.1, 0.15) is 11.3 Å². The maximum absolute atomic E-state index is 13.3. The highest BCUT2D eigenvalue weighted by Gasteiger charge is 2.21. The molecule has 0 unspecified atom stereocenters. The average molecular weight is 468 g/mol. The number of hydrogen-bond acceptors (Lipinski definition) is 7. The number of thiazole rings is 1. The first-order chi connectivity index (χ1) is 15.3. The van der Waals surface area contributed by atoms with Gasteiger partial charge in [-0.05, 0) is 48.0 Å². The molecule has 32 heavy (non-hydrogen) atoms. The molecule has 7 nitrogen and oxygen atoms in total. The first kappa shape index (κ1) is 21.9. The minimum Gasteiger partial charge on any atom is -0.497 e. The van der Waals surface area contributed by atoms with Gasteiger partial charge >= 0.3 is 0 Å². The van der Waals surface area contributed by atoms with Crippen molar-refractivity contribution >= 4 is 42.4 Å². The van der Waals surface area contributed by atoms with E-state index >= 15 is 0 Å². The van der Waals surface area contributed by atoms with Gasteiger partial charge in [0.05, 0.1) is 40.9 Å². The van der Waals surface area contributed by atoms with Crippen LogP contribution in [-0.4, -0.2) is 37.7 Å². The highest BCUT2D eigenvalue weighted by atomic mass is 32.2. The van der Waals surface area contributed by atoms with E-state index in [2.05, 4.69) is 9.97 Å². The summed E-state index contributed by atoms with van der Waals surface area (Å²) >= 11 is 1.41. The third-order valence-corrected chi connectivity index (χ3v) is 7.04. The molecule has 0 spiro atoms. The zero-order valence-corrected chi connectivity index (χ0v) is 19.2. The van der Waals surface area contributed by atoms with Gasteiger partial charge in [-0.2, -0.15) is 0 Å². The summed E-state index contributed by atoms with van der Waals surface area (Å²) in [5.74, 6) is 0.565. The molecule has 2 aromatic carbocycles. The minimum atomic E-state index is -3.29. The van der Waals surface area contributed by atoms with Crippen molar-refractivity contribution in [2.24, 2.45) is 0 Å². The number of nitrogens with zero attached hydrogens (tertiary/aromatic N) is 3. The number of benzene rings is 2. The average Bonchev–Trinajstić information content (AvgIpc) is 3.20. The summed E-state index contributed by atoms with van der Waals surface area (Å²) < 4.78 is 29.6. The Hall–Kier alpha value is -3.30. The van der Waals surface area contributed by atoms with Crippen LogP contribution in [0.4, 0.5) is 5.13 Å². The lowest BCUT2D eigenvalue weighted by molar-refractivity contribution is -0.118. The van der Waals surface area contributed by atoms with Crippen LogP contribution in [-0.2, 0) is 27.6 Å². The number of amides is 1. The van der Waals surface area contributed by atoms with Crippen LogP contribution in [0, 0.1) is 0 Å². The van der Waals surface area contributed by atoms with Gasteiger partial charge in [-0.15, -0.1) is 0 Å². The van der Waals surface area contributed by atoms with Gasteiger partial charge in [-0.3, -0.25) is 14.7 Å². The molecule has 0 aliphatic carbocycles. The van der Waals surface area contributed by atoms with Crippen molar-refractivity contribution in [3.05, 3.63) is 78.1 Å². The Kier molecular flexibility index (Phi) is 6.20. The van der Waals surface area contributed by atoms with E-state index in [9.17, 15) is 13.2 Å². The molecular weight excluding hydrogens is 446 g/mol. The fraction of sp³-hybridized carbons (Fsp3) is 0.174. The van der Waals surface area contributed by atoms with Crippen LogP contribution in [0.2, 0.25) is 0 Å². The summed E-state index contributed by atoms with van der Waals surface area (Å²) in [7, 11) is -1.68. The van der Waals surface area contributed by atoms with Crippen LogP contribution in [0.25, 0.3) is 10.2 Å². The Bertz CT molecular complexity index is 1350. The minimum absolute atomic E-state index is 0.107. The zero-order valence-electron chi connectivity index (χ0n) is 17.6. The Labute approximate surface area is 190 Å². The number of rotatable bonds is 7. The van der Waals surface area contributed by atoms with Crippen molar-refractivity contribution in [2.45, 2.75) is 17.9 Å². The van der Waals surface area contributed by atoms with Crippen molar-refractivity contribution in [2.75, 3.05) is 18.3 Å². The summed E-state index contributed by atoms with van der Waals surface area (Å²) in [4.78, 5) is 24.2. The number of aromatic nitrogens is 2. The molecule has 2 aromatic heterocycles. The molecule has 9 heteroatoms. The molecule has 1 amide bonds. The number of carbonyl (C=O) groups is 1. The van der Waals surface area contributed by atoms with E-state index in [1.165, 1.54) is 23.5 Å². The summed E-state index contributed by atoms with van der Waals surface area (Å²) in [6.07, 6.45) is 2.95. The standard InChI is InChI=1S/C23H21N3O4S2/c1-30-18-8-11-20-21(14-18)31-23(25-20)26(15-17-5-3-4-12-24-17)22(27)13-16-6-9-19(10-7-16)32(2,28)29/h3-12,14H,13,15H2,1-2H3. The summed E-state index contributed by atoms with van der Waals surface area (Å²) in [6, 6.07) is 17.5. The van der Waals surface area contributed by atoms with E-state index < -0.39 is 9.84 Å². The molecule has 0 atom stereocenters. The van der Waals surface area contributed by atoms with Gasteiger partial charge < -0.3 is 4.74 Å². The fourth-order valence-corrected chi connectivity index (χ4v) is 4.82. The maximum Gasteiger partial charge on any atom is 0.233 e. The Morgan fingerprint density at radius 3 is 2.53 bits per heavy atom. The molecule has 164 valence electrons. The monoisotopic (exact) mass is 467 g/mol. The molecule has 0 saturated heterocycles. The van der Waals surface area contributed by atoms with E-state index in [4.69, 9.17) is 4.74 Å². The molecule has 0 fully saturated rings.